The molecule has 0 aliphatic heterocycles. The number of nitrogens with zero attached hydrogens (tertiary/aromatic N) is 2. The van der Waals surface area contributed by atoms with E-state index in [0.29, 0.717) is 23.1 Å². The molecule has 2 fully saturated rings. The smallest absolute Gasteiger partial charge is 0.417 e. The number of fused-ring (bicyclic) bond motifs is 2. The third-order valence-electron chi connectivity index (χ3n) is 6.45. The third-order valence-corrected chi connectivity index (χ3v) is 6.45. The third kappa shape index (κ3) is 4.81. The molecule has 2 saturated carbocycles. The van der Waals surface area contributed by atoms with Crippen molar-refractivity contribution in [3.63, 3.8) is 0 Å². The van der Waals surface area contributed by atoms with Crippen molar-refractivity contribution in [1.82, 2.24) is 15.3 Å². The molecule has 0 saturated heterocycles. The second-order valence-electron chi connectivity index (χ2n) is 8.73. The highest BCUT2D eigenvalue weighted by atomic mass is 19.4. The summed E-state index contributed by atoms with van der Waals surface area (Å²) in [5.41, 5.74) is 2.06. The van der Waals surface area contributed by atoms with Crippen LogP contribution in [0.15, 0.2) is 72.7 Å². The first kappa shape index (κ1) is 22.1. The summed E-state index contributed by atoms with van der Waals surface area (Å²) in [7, 11) is 0. The highest BCUT2D eigenvalue weighted by Gasteiger charge is 2.43. The van der Waals surface area contributed by atoms with E-state index in [-0.39, 0.29) is 17.8 Å². The average Bonchev–Trinajstić information content (AvgIpc) is 3.40. The van der Waals surface area contributed by atoms with Crippen LogP contribution in [0.3, 0.4) is 0 Å². The molecule has 1 N–H and O–H groups in total. The Morgan fingerprint density at radius 1 is 1.09 bits per heavy atom. The lowest BCUT2D eigenvalue weighted by Crippen LogP contribution is -2.38. The Bertz CT molecular complexity index is 1210. The van der Waals surface area contributed by atoms with Gasteiger partial charge in [0.2, 0.25) is 5.88 Å². The molecular weight excluding hydrogens is 443 g/mol. The quantitative estimate of drug-likeness (QED) is 0.510. The topological polar surface area (TPSA) is 64.1 Å². The summed E-state index contributed by atoms with van der Waals surface area (Å²) in [5.74, 6) is 1.35. The number of rotatable bonds is 5. The van der Waals surface area contributed by atoms with Crippen molar-refractivity contribution in [2.75, 3.05) is 0 Å². The molecule has 3 atom stereocenters. The van der Waals surface area contributed by atoms with Gasteiger partial charge >= 0.3 is 6.18 Å². The van der Waals surface area contributed by atoms with E-state index < -0.39 is 11.7 Å². The summed E-state index contributed by atoms with van der Waals surface area (Å²) in [6.07, 6.45) is 4.59. The molecule has 1 amide bonds. The Kier molecular flexibility index (Phi) is 5.81. The molecule has 8 heteroatoms. The normalized spacial score (nSPS) is 22.7. The van der Waals surface area contributed by atoms with E-state index in [1.165, 1.54) is 11.6 Å². The first-order chi connectivity index (χ1) is 16.3. The average molecular weight is 465 g/mol. The lowest BCUT2D eigenvalue weighted by molar-refractivity contribution is -0.137. The first-order valence-electron chi connectivity index (χ1n) is 11.1. The Labute approximate surface area is 194 Å². The van der Waals surface area contributed by atoms with Gasteiger partial charge in [0, 0.05) is 30.7 Å². The van der Waals surface area contributed by atoms with E-state index in [1.54, 1.807) is 30.6 Å². The van der Waals surface area contributed by atoms with Crippen LogP contribution in [0.2, 0.25) is 0 Å². The number of halogens is 3. The van der Waals surface area contributed by atoms with Gasteiger partial charge in [-0.05, 0) is 67.0 Å². The Hall–Kier alpha value is -3.68. The minimum Gasteiger partial charge on any atom is -0.439 e. The predicted octanol–water partition coefficient (Wildman–Crippen LogP) is 5.90. The molecular formula is C26H22F3N3O2. The van der Waals surface area contributed by atoms with Crippen LogP contribution in [-0.2, 0) is 6.18 Å². The number of benzene rings is 1. The number of carbonyl (C=O) groups is 1. The molecule has 34 heavy (non-hydrogen) atoms. The summed E-state index contributed by atoms with van der Waals surface area (Å²) in [5, 5.41) is 3.16. The second kappa shape index (κ2) is 8.93. The molecule has 2 aliphatic rings. The van der Waals surface area contributed by atoms with Gasteiger partial charge in [0.15, 0.2) is 0 Å². The number of aromatic nitrogens is 2. The van der Waals surface area contributed by atoms with Crippen LogP contribution < -0.4 is 10.1 Å². The molecule has 5 rings (SSSR count). The number of hydrogen-bond acceptors (Lipinski definition) is 4. The van der Waals surface area contributed by atoms with Crippen molar-refractivity contribution in [1.29, 1.82) is 0 Å². The number of amides is 1. The number of hydrogen-bond donors (Lipinski definition) is 1. The first-order valence-corrected chi connectivity index (χ1v) is 11.1. The number of allylic oxidation sites excluding steroid dienone is 1. The highest BCUT2D eigenvalue weighted by molar-refractivity contribution is 5.94. The van der Waals surface area contributed by atoms with E-state index in [4.69, 9.17) is 4.74 Å². The van der Waals surface area contributed by atoms with Crippen molar-refractivity contribution in [3.8, 4) is 11.6 Å². The van der Waals surface area contributed by atoms with E-state index in [9.17, 15) is 18.0 Å². The number of ether oxygens (including phenoxy) is 1. The predicted molar refractivity (Wildman–Crippen MR) is 120 cm³/mol. The van der Waals surface area contributed by atoms with Gasteiger partial charge < -0.3 is 10.1 Å². The summed E-state index contributed by atoms with van der Waals surface area (Å²) in [6.45, 7) is 0. The van der Waals surface area contributed by atoms with Gasteiger partial charge in [0.1, 0.15) is 5.75 Å². The Balaban J connectivity index is 1.22. The molecule has 2 bridgehead atoms. The van der Waals surface area contributed by atoms with Crippen LogP contribution >= 0.6 is 0 Å². The van der Waals surface area contributed by atoms with Gasteiger partial charge in [-0.1, -0.05) is 23.8 Å². The van der Waals surface area contributed by atoms with Crippen LogP contribution in [0, 0.1) is 11.8 Å². The van der Waals surface area contributed by atoms with Gasteiger partial charge in [-0.2, -0.15) is 13.2 Å². The number of carbonyl (C=O) groups excluding carboxylic acids is 1. The van der Waals surface area contributed by atoms with E-state index in [0.717, 1.165) is 37.1 Å². The molecule has 1 aromatic carbocycles. The fourth-order valence-corrected chi connectivity index (χ4v) is 4.84. The Morgan fingerprint density at radius 3 is 2.65 bits per heavy atom. The fraction of sp³-hybridized carbons (Fsp3) is 0.269. The SMILES string of the molecule is O=C(NC1CC2CC1C/C2=C\c1cccc(Oc2ccc(C(F)(F)F)cn2)c1)c1cccnc1. The van der Waals surface area contributed by atoms with Crippen molar-refractivity contribution in [2.45, 2.75) is 31.5 Å². The molecule has 3 aromatic rings. The number of nitrogens with one attached hydrogen (secondary N) is 1. The van der Waals surface area contributed by atoms with Crippen LogP contribution in [0.4, 0.5) is 13.2 Å². The molecule has 3 unspecified atom stereocenters. The fourth-order valence-electron chi connectivity index (χ4n) is 4.84. The largest absolute Gasteiger partial charge is 0.439 e. The van der Waals surface area contributed by atoms with E-state index >= 15 is 0 Å². The molecule has 5 nitrogen and oxygen atoms in total. The second-order valence-corrected chi connectivity index (χ2v) is 8.73. The molecule has 174 valence electrons. The molecule has 2 aromatic heterocycles. The zero-order valence-corrected chi connectivity index (χ0v) is 18.1. The van der Waals surface area contributed by atoms with Gasteiger partial charge in [-0.15, -0.1) is 0 Å². The van der Waals surface area contributed by atoms with Crippen molar-refractivity contribution in [3.05, 3.63) is 89.4 Å². The summed E-state index contributed by atoms with van der Waals surface area (Å²) in [6, 6.07) is 13.2. The summed E-state index contributed by atoms with van der Waals surface area (Å²) in [4.78, 5) is 20.2. The van der Waals surface area contributed by atoms with Gasteiger partial charge in [0.05, 0.1) is 11.1 Å². The monoisotopic (exact) mass is 465 g/mol. The minimum absolute atomic E-state index is 0.0853. The van der Waals surface area contributed by atoms with Crippen LogP contribution in [0.1, 0.15) is 40.7 Å². The zero-order chi connectivity index (χ0) is 23.7. The maximum Gasteiger partial charge on any atom is 0.417 e. The maximum atomic E-state index is 12.7. The van der Waals surface area contributed by atoms with Crippen molar-refractivity contribution >= 4 is 12.0 Å². The van der Waals surface area contributed by atoms with Crippen molar-refractivity contribution < 1.29 is 22.7 Å². The number of alkyl halides is 3. The maximum absolute atomic E-state index is 12.7. The van der Waals surface area contributed by atoms with Crippen LogP contribution in [0.5, 0.6) is 11.6 Å². The molecule has 2 aliphatic carbocycles. The lowest BCUT2D eigenvalue weighted by Gasteiger charge is -2.24. The van der Waals surface area contributed by atoms with Crippen LogP contribution in [0.25, 0.3) is 6.08 Å². The minimum atomic E-state index is -4.43. The van der Waals surface area contributed by atoms with E-state index in [2.05, 4.69) is 21.4 Å². The number of pyridine rings is 2. The van der Waals surface area contributed by atoms with E-state index in [1.807, 2.05) is 18.2 Å². The van der Waals surface area contributed by atoms with Crippen LogP contribution in [-0.4, -0.2) is 21.9 Å². The Morgan fingerprint density at radius 2 is 1.97 bits per heavy atom. The summed E-state index contributed by atoms with van der Waals surface area (Å²) >= 11 is 0. The summed E-state index contributed by atoms with van der Waals surface area (Å²) < 4.78 is 43.8. The lowest BCUT2D eigenvalue weighted by atomic mass is 9.89. The zero-order valence-electron chi connectivity index (χ0n) is 18.1. The molecule has 0 spiro atoms. The van der Waals surface area contributed by atoms with Gasteiger partial charge in [0.25, 0.3) is 5.91 Å². The van der Waals surface area contributed by atoms with Gasteiger partial charge in [-0.25, -0.2) is 4.98 Å². The van der Waals surface area contributed by atoms with Crippen molar-refractivity contribution in [2.24, 2.45) is 11.8 Å². The van der Waals surface area contributed by atoms with Gasteiger partial charge in [-0.3, -0.25) is 9.78 Å². The standard InChI is InChI=1S/C26H22F3N3O2/c27-26(28,29)21-6-7-24(31-15-21)34-22-5-1-3-16(10-22)9-18-11-20-12-19(18)13-23(20)32-25(33)17-4-2-8-30-14-17/h1-10,14-15,19-20,23H,11-13H2,(H,32,33)/b18-9+. The highest BCUT2D eigenvalue weighted by Crippen LogP contribution is 2.49. The molecule has 2 heterocycles. The molecule has 0 radical (unpaired) electrons.